The predicted molar refractivity (Wildman–Crippen MR) is 404 cm³/mol. The van der Waals surface area contributed by atoms with Crippen molar-refractivity contribution >= 4 is 56.1 Å². The smallest absolute Gasteiger partial charge is 0.159 e. The Kier molecular flexibility index (Phi) is 18.5. The summed E-state index contributed by atoms with van der Waals surface area (Å²) in [6.07, 6.45) is 8.88. The summed E-state index contributed by atoms with van der Waals surface area (Å²) in [5.41, 5.74) is 24.7. The summed E-state index contributed by atoms with van der Waals surface area (Å²) in [5.74, 6) is 0. The third kappa shape index (κ3) is 12.6. The highest BCUT2D eigenvalue weighted by Crippen LogP contribution is 2.50. The number of fused-ring (bicyclic) bond motifs is 3. The Labute approximate surface area is 561 Å². The van der Waals surface area contributed by atoms with Gasteiger partial charge in [-0.1, -0.05) is 235 Å². The molecule has 0 unspecified atom stereocenters. The second-order valence-corrected chi connectivity index (χ2v) is 28.4. The highest BCUT2D eigenvalue weighted by Gasteiger charge is 2.44. The molecule has 0 radical (unpaired) electrons. The average Bonchev–Trinajstić information content (AvgIpc) is 1.20. The van der Waals surface area contributed by atoms with Crippen LogP contribution in [-0.2, 0) is 22.9 Å². The molecule has 0 fully saturated rings. The number of nitrogens with zero attached hydrogens (tertiary/aromatic N) is 3. The van der Waals surface area contributed by atoms with Gasteiger partial charge in [-0.15, -0.1) is 0 Å². The molecular weight excluding hydrogens is 1140 g/mol. The van der Waals surface area contributed by atoms with Gasteiger partial charge in [0.25, 0.3) is 0 Å². The fourth-order valence-corrected chi connectivity index (χ4v) is 14.8. The van der Waals surface area contributed by atoms with Gasteiger partial charge in [-0.2, -0.15) is 0 Å². The molecule has 12 rings (SSSR count). The number of benzene rings is 11. The first-order valence-electron chi connectivity index (χ1n) is 34.4. The molecule has 0 spiro atoms. The van der Waals surface area contributed by atoms with E-state index in [4.69, 9.17) is 4.42 Å². The first kappa shape index (κ1) is 64.7. The number of para-hydroxylation sites is 4. The zero-order valence-electron chi connectivity index (χ0n) is 57.9. The van der Waals surface area contributed by atoms with Gasteiger partial charge in [0, 0.05) is 50.2 Å². The molecule has 0 atom stereocenters. The maximum absolute atomic E-state index is 6.75. The molecular formula is C90H95N3O. The first-order valence-corrected chi connectivity index (χ1v) is 34.4. The summed E-state index contributed by atoms with van der Waals surface area (Å²) in [6, 6.07) is 94.5. The lowest BCUT2D eigenvalue weighted by Gasteiger charge is -2.51. The quantitative estimate of drug-likeness (QED) is 0.0596. The van der Waals surface area contributed by atoms with Crippen LogP contribution in [0.3, 0.4) is 0 Å². The molecule has 0 aliphatic carbocycles. The van der Waals surface area contributed by atoms with E-state index in [2.05, 4.69) is 359 Å². The van der Waals surface area contributed by atoms with E-state index in [1.807, 2.05) is 0 Å². The number of hydrogen-bond donors (Lipinski definition) is 0. The second-order valence-electron chi connectivity index (χ2n) is 28.4. The number of unbranched alkanes of at least 4 members (excludes halogenated alkanes) is 5. The maximum Gasteiger partial charge on any atom is 0.159 e. The highest BCUT2D eigenvalue weighted by atomic mass is 16.3. The molecule has 94 heavy (non-hydrogen) atoms. The van der Waals surface area contributed by atoms with Crippen molar-refractivity contribution in [2.75, 3.05) is 14.7 Å². The lowest BCUT2D eigenvalue weighted by molar-refractivity contribution is 0.302. The zero-order chi connectivity index (χ0) is 65.9. The van der Waals surface area contributed by atoms with E-state index in [9.17, 15) is 0 Å². The molecule has 0 aliphatic heterocycles. The van der Waals surface area contributed by atoms with Crippen molar-refractivity contribution in [2.45, 2.75) is 157 Å². The fourth-order valence-electron chi connectivity index (χ4n) is 14.8. The Hall–Kier alpha value is -9.38. The second kappa shape index (κ2) is 26.9. The van der Waals surface area contributed by atoms with E-state index in [0.29, 0.717) is 0 Å². The summed E-state index contributed by atoms with van der Waals surface area (Å²) in [7, 11) is 0. The summed E-state index contributed by atoms with van der Waals surface area (Å²) < 4.78 is 6.75. The van der Waals surface area contributed by atoms with Crippen LogP contribution in [0.5, 0.6) is 0 Å². The molecule has 0 bridgehead atoms. The number of anilines is 6. The molecule has 4 nitrogen and oxygen atoms in total. The molecule has 0 saturated carbocycles. The van der Waals surface area contributed by atoms with Gasteiger partial charge < -0.3 is 19.1 Å². The first-order chi connectivity index (χ1) is 45.3. The van der Waals surface area contributed by atoms with Crippen molar-refractivity contribution in [1.29, 1.82) is 0 Å². The van der Waals surface area contributed by atoms with Crippen LogP contribution >= 0.6 is 0 Å². The Morgan fingerprint density at radius 2 is 0.766 bits per heavy atom. The van der Waals surface area contributed by atoms with Crippen LogP contribution in [0.15, 0.2) is 259 Å². The summed E-state index contributed by atoms with van der Waals surface area (Å²) >= 11 is 0. The van der Waals surface area contributed by atoms with E-state index in [0.717, 1.165) is 39.7 Å². The van der Waals surface area contributed by atoms with Crippen LogP contribution in [-0.4, -0.2) is 5.54 Å². The van der Waals surface area contributed by atoms with Crippen molar-refractivity contribution < 1.29 is 4.42 Å². The molecule has 0 amide bonds. The molecule has 4 heteroatoms. The van der Waals surface area contributed by atoms with Crippen molar-refractivity contribution in [1.82, 2.24) is 0 Å². The SMILES string of the molecule is CCCCCCCCc1ccc(N(c2ccc(-c3ccc(N(c4cccc5c4oc4ccccc45)C(C)(C)c4ccccc4)cc3C)c(C)c2)C(C)(C)C(C)(C)c2ccc(-c3cc(C)c(-c4ccc(C(C)(C)N(c5ccccc5)c5ccccc5)cc4)cc3C)cc2)cc1. The number of rotatable bonds is 23. The van der Waals surface area contributed by atoms with Gasteiger partial charge >= 0.3 is 0 Å². The Balaban J connectivity index is 0.842. The lowest BCUT2D eigenvalue weighted by Crippen LogP contribution is -2.54. The normalized spacial score (nSPS) is 12.2. The summed E-state index contributed by atoms with van der Waals surface area (Å²) in [6.45, 7) is 30.4. The van der Waals surface area contributed by atoms with Crippen LogP contribution in [0.2, 0.25) is 0 Å². The molecule has 0 N–H and O–H groups in total. The van der Waals surface area contributed by atoms with Gasteiger partial charge in [-0.05, 0) is 233 Å². The zero-order valence-corrected chi connectivity index (χ0v) is 57.9. The van der Waals surface area contributed by atoms with Gasteiger partial charge in [0.05, 0.1) is 16.8 Å². The average molecular weight is 1230 g/mol. The molecule has 12 aromatic rings. The molecule has 0 saturated heterocycles. The van der Waals surface area contributed by atoms with Gasteiger partial charge in [0.1, 0.15) is 5.58 Å². The topological polar surface area (TPSA) is 22.9 Å². The minimum absolute atomic E-state index is 0.316. The van der Waals surface area contributed by atoms with Gasteiger partial charge in [-0.25, -0.2) is 0 Å². The molecule has 476 valence electrons. The third-order valence-corrected chi connectivity index (χ3v) is 21.0. The highest BCUT2D eigenvalue weighted by molar-refractivity contribution is 6.09. The lowest BCUT2D eigenvalue weighted by atomic mass is 9.68. The van der Waals surface area contributed by atoms with Crippen molar-refractivity contribution in [3.05, 3.63) is 299 Å². The van der Waals surface area contributed by atoms with Crippen LogP contribution in [0.25, 0.3) is 55.3 Å². The van der Waals surface area contributed by atoms with Crippen LogP contribution in [0.4, 0.5) is 34.1 Å². The predicted octanol–water partition coefficient (Wildman–Crippen LogP) is 25.8. The summed E-state index contributed by atoms with van der Waals surface area (Å²) in [4.78, 5) is 7.54. The van der Waals surface area contributed by atoms with E-state index in [-0.39, 0.29) is 11.0 Å². The monoisotopic (exact) mass is 1230 g/mol. The molecule has 0 aliphatic rings. The van der Waals surface area contributed by atoms with E-state index >= 15 is 0 Å². The van der Waals surface area contributed by atoms with Crippen molar-refractivity contribution in [3.8, 4) is 33.4 Å². The standard InChI is InChI=1S/C90H95N3O/c1-14-15-16-17-18-22-32-67-43-53-75(54-44-67)92(76-55-57-78(63(2)59-76)79-58-56-77(60-64(79)3)93(89(10,11)71-33-23-19-24-34-71)84-41-31-40-81-80-39-29-30-42-85(80)94-86(81)84)90(12,13)87(6,7)70-49-45-68(46-50-70)82-61-66(5)83(62-65(82)4)69-47-51-72(52-48-69)88(8,9)91(73-35-25-20-26-36-73)74-37-27-21-28-38-74/h19-21,23-31,33-62H,14-18,22,32H2,1-13H3. The minimum atomic E-state index is -0.437. The van der Waals surface area contributed by atoms with E-state index < -0.39 is 11.1 Å². The van der Waals surface area contributed by atoms with Crippen molar-refractivity contribution in [3.63, 3.8) is 0 Å². The van der Waals surface area contributed by atoms with Gasteiger partial charge in [-0.3, -0.25) is 0 Å². The number of hydrogen-bond acceptors (Lipinski definition) is 4. The van der Waals surface area contributed by atoms with Gasteiger partial charge in [0.15, 0.2) is 5.58 Å². The number of furan rings is 1. The van der Waals surface area contributed by atoms with Crippen LogP contribution in [0, 0.1) is 27.7 Å². The minimum Gasteiger partial charge on any atom is -0.454 e. The molecule has 1 aromatic heterocycles. The molecule has 1 heterocycles. The Morgan fingerprint density at radius 3 is 1.32 bits per heavy atom. The Bertz CT molecular complexity index is 4510. The largest absolute Gasteiger partial charge is 0.454 e. The maximum atomic E-state index is 6.75. The van der Waals surface area contributed by atoms with Crippen LogP contribution < -0.4 is 14.7 Å². The van der Waals surface area contributed by atoms with E-state index in [1.165, 1.54) is 139 Å². The molecule has 11 aromatic carbocycles. The third-order valence-electron chi connectivity index (χ3n) is 21.0. The number of aryl methyl sites for hydroxylation is 5. The Morgan fingerprint density at radius 1 is 0.330 bits per heavy atom. The van der Waals surface area contributed by atoms with Gasteiger partial charge in [0.2, 0.25) is 0 Å². The van der Waals surface area contributed by atoms with Crippen molar-refractivity contribution in [2.24, 2.45) is 0 Å². The summed E-state index contributed by atoms with van der Waals surface area (Å²) in [5, 5.41) is 2.24. The van der Waals surface area contributed by atoms with Crippen LogP contribution in [0.1, 0.15) is 145 Å². The fraction of sp³-hybridized carbons (Fsp3) is 0.267. The van der Waals surface area contributed by atoms with E-state index in [1.54, 1.807) is 0 Å².